The molecule has 0 aliphatic carbocycles. The molecule has 0 bridgehead atoms. The SMILES string of the molecule is CCc1ccc2[nH]cc(Cc3c[nH]c4ccc(CC)cc34)c2c1. The molecular formula is C21H22N2. The van der Waals surface area contributed by atoms with Crippen molar-refractivity contribution >= 4 is 21.8 Å². The summed E-state index contributed by atoms with van der Waals surface area (Å²) in [7, 11) is 0. The van der Waals surface area contributed by atoms with Crippen LogP contribution < -0.4 is 0 Å². The van der Waals surface area contributed by atoms with E-state index in [0.29, 0.717) is 0 Å². The number of rotatable bonds is 4. The Kier molecular flexibility index (Phi) is 3.45. The van der Waals surface area contributed by atoms with E-state index in [2.05, 4.69) is 72.6 Å². The van der Waals surface area contributed by atoms with E-state index in [0.717, 1.165) is 19.3 Å². The first kappa shape index (κ1) is 14.1. The number of H-pyrrole nitrogens is 2. The highest BCUT2D eigenvalue weighted by molar-refractivity contribution is 5.87. The maximum absolute atomic E-state index is 3.41. The van der Waals surface area contributed by atoms with Gasteiger partial charge in [-0.1, -0.05) is 26.0 Å². The van der Waals surface area contributed by atoms with Crippen molar-refractivity contribution in [3.05, 3.63) is 71.0 Å². The van der Waals surface area contributed by atoms with Crippen molar-refractivity contribution in [2.45, 2.75) is 33.1 Å². The predicted molar refractivity (Wildman–Crippen MR) is 98.2 cm³/mol. The van der Waals surface area contributed by atoms with Gasteiger partial charge in [-0.3, -0.25) is 0 Å². The van der Waals surface area contributed by atoms with Gasteiger partial charge >= 0.3 is 0 Å². The van der Waals surface area contributed by atoms with Crippen LogP contribution in [-0.2, 0) is 19.3 Å². The largest absolute Gasteiger partial charge is 0.361 e. The summed E-state index contributed by atoms with van der Waals surface area (Å²) in [5.74, 6) is 0. The fraction of sp³-hybridized carbons (Fsp3) is 0.238. The molecule has 2 aromatic heterocycles. The van der Waals surface area contributed by atoms with Crippen molar-refractivity contribution in [1.29, 1.82) is 0 Å². The number of aromatic nitrogens is 2. The van der Waals surface area contributed by atoms with E-state index >= 15 is 0 Å². The Balaban J connectivity index is 1.78. The van der Waals surface area contributed by atoms with Gasteiger partial charge in [0.05, 0.1) is 0 Å². The Morgan fingerprint density at radius 2 is 1.17 bits per heavy atom. The minimum absolute atomic E-state index is 0.959. The zero-order valence-corrected chi connectivity index (χ0v) is 13.7. The summed E-state index contributed by atoms with van der Waals surface area (Å²) in [5, 5.41) is 2.70. The molecule has 2 heteroatoms. The monoisotopic (exact) mass is 302 g/mol. The fourth-order valence-electron chi connectivity index (χ4n) is 3.39. The van der Waals surface area contributed by atoms with Crippen LogP contribution in [0, 0.1) is 0 Å². The van der Waals surface area contributed by atoms with Crippen LogP contribution >= 0.6 is 0 Å². The highest BCUT2D eigenvalue weighted by Crippen LogP contribution is 2.27. The second-order valence-corrected chi connectivity index (χ2v) is 6.27. The van der Waals surface area contributed by atoms with E-state index in [-0.39, 0.29) is 0 Å². The molecule has 0 amide bonds. The number of benzene rings is 2. The van der Waals surface area contributed by atoms with Gasteiger partial charge in [-0.2, -0.15) is 0 Å². The molecule has 116 valence electrons. The average Bonchev–Trinajstić information content (AvgIpc) is 3.19. The van der Waals surface area contributed by atoms with Gasteiger partial charge in [-0.05, 0) is 59.4 Å². The lowest BCUT2D eigenvalue weighted by Crippen LogP contribution is -1.87. The number of nitrogens with one attached hydrogen (secondary N) is 2. The van der Waals surface area contributed by atoms with Gasteiger partial charge in [-0.15, -0.1) is 0 Å². The van der Waals surface area contributed by atoms with Gasteiger partial charge in [0.2, 0.25) is 0 Å². The highest BCUT2D eigenvalue weighted by Gasteiger charge is 2.09. The summed E-state index contributed by atoms with van der Waals surface area (Å²) in [5.41, 5.74) is 7.99. The zero-order valence-electron chi connectivity index (χ0n) is 13.7. The van der Waals surface area contributed by atoms with Crippen molar-refractivity contribution in [2.75, 3.05) is 0 Å². The van der Waals surface area contributed by atoms with Crippen LogP contribution in [0.1, 0.15) is 36.1 Å². The lowest BCUT2D eigenvalue weighted by molar-refractivity contribution is 1.14. The van der Waals surface area contributed by atoms with Crippen molar-refractivity contribution in [3.63, 3.8) is 0 Å². The molecule has 2 heterocycles. The first-order valence-electron chi connectivity index (χ1n) is 8.46. The van der Waals surface area contributed by atoms with Gasteiger partial charge in [0.25, 0.3) is 0 Å². The van der Waals surface area contributed by atoms with Gasteiger partial charge in [0.15, 0.2) is 0 Å². The number of aryl methyl sites for hydroxylation is 2. The Hall–Kier alpha value is -2.48. The van der Waals surface area contributed by atoms with Crippen molar-refractivity contribution < 1.29 is 0 Å². The summed E-state index contributed by atoms with van der Waals surface area (Å²) in [6, 6.07) is 13.5. The third kappa shape index (κ3) is 2.44. The standard InChI is InChI=1S/C21H22N2/c1-3-14-5-7-20-18(9-14)16(12-22-20)11-17-13-23-21-8-6-15(4-2)10-19(17)21/h5-10,12-13,22-23H,3-4,11H2,1-2H3. The fourth-order valence-corrected chi connectivity index (χ4v) is 3.39. The number of aromatic amines is 2. The molecule has 2 N–H and O–H groups in total. The summed E-state index contributed by atoms with van der Waals surface area (Å²) in [6.45, 7) is 4.42. The van der Waals surface area contributed by atoms with Crippen LogP contribution in [0.5, 0.6) is 0 Å². The third-order valence-electron chi connectivity index (χ3n) is 4.86. The maximum Gasteiger partial charge on any atom is 0.0457 e. The van der Waals surface area contributed by atoms with Crippen LogP contribution in [0.3, 0.4) is 0 Å². The number of fused-ring (bicyclic) bond motifs is 2. The van der Waals surface area contributed by atoms with Gasteiger partial charge in [0, 0.05) is 40.6 Å². The highest BCUT2D eigenvalue weighted by atomic mass is 14.7. The predicted octanol–water partition coefficient (Wildman–Crippen LogP) is 5.36. The quantitative estimate of drug-likeness (QED) is 0.508. The lowest BCUT2D eigenvalue weighted by Gasteiger charge is -2.02. The molecule has 0 fully saturated rings. The number of hydrogen-bond acceptors (Lipinski definition) is 0. The molecule has 2 nitrogen and oxygen atoms in total. The molecule has 0 atom stereocenters. The summed E-state index contributed by atoms with van der Waals surface area (Å²) < 4.78 is 0. The molecule has 0 radical (unpaired) electrons. The molecule has 0 spiro atoms. The van der Waals surface area contributed by atoms with Crippen LogP contribution in [0.2, 0.25) is 0 Å². The Morgan fingerprint density at radius 1 is 0.696 bits per heavy atom. The summed E-state index contributed by atoms with van der Waals surface area (Å²) >= 11 is 0. The Labute approximate surface area is 136 Å². The second-order valence-electron chi connectivity index (χ2n) is 6.27. The molecule has 0 aliphatic heterocycles. The molecule has 2 aromatic carbocycles. The first-order valence-corrected chi connectivity index (χ1v) is 8.46. The average molecular weight is 302 g/mol. The summed E-state index contributed by atoms with van der Waals surface area (Å²) in [4.78, 5) is 6.82. The normalized spacial score (nSPS) is 11.6. The second kappa shape index (κ2) is 5.62. The molecular weight excluding hydrogens is 280 g/mol. The zero-order chi connectivity index (χ0) is 15.8. The smallest absolute Gasteiger partial charge is 0.0457 e. The topological polar surface area (TPSA) is 31.6 Å². The van der Waals surface area contributed by atoms with Crippen LogP contribution in [0.25, 0.3) is 21.8 Å². The molecule has 0 saturated heterocycles. The van der Waals surface area contributed by atoms with Crippen LogP contribution in [0.15, 0.2) is 48.8 Å². The van der Waals surface area contributed by atoms with Gasteiger partial charge in [0.1, 0.15) is 0 Å². The lowest BCUT2D eigenvalue weighted by atomic mass is 10.0. The minimum Gasteiger partial charge on any atom is -0.361 e. The molecule has 4 aromatic rings. The van der Waals surface area contributed by atoms with E-state index in [9.17, 15) is 0 Å². The molecule has 0 aliphatic rings. The minimum atomic E-state index is 0.959. The summed E-state index contributed by atoms with van der Waals surface area (Å²) in [6.07, 6.45) is 7.43. The number of hydrogen-bond donors (Lipinski definition) is 2. The molecule has 0 unspecified atom stereocenters. The molecule has 23 heavy (non-hydrogen) atoms. The Bertz CT molecular complexity index is 892. The van der Waals surface area contributed by atoms with E-state index in [1.54, 1.807) is 0 Å². The maximum atomic E-state index is 3.41. The van der Waals surface area contributed by atoms with Gasteiger partial charge < -0.3 is 9.97 Å². The van der Waals surface area contributed by atoms with E-state index in [4.69, 9.17) is 0 Å². The first-order chi connectivity index (χ1) is 11.3. The van der Waals surface area contributed by atoms with E-state index in [1.165, 1.54) is 44.1 Å². The van der Waals surface area contributed by atoms with Crippen molar-refractivity contribution in [3.8, 4) is 0 Å². The van der Waals surface area contributed by atoms with E-state index < -0.39 is 0 Å². The van der Waals surface area contributed by atoms with Crippen molar-refractivity contribution in [1.82, 2.24) is 9.97 Å². The van der Waals surface area contributed by atoms with Crippen LogP contribution in [0.4, 0.5) is 0 Å². The Morgan fingerprint density at radius 3 is 1.61 bits per heavy atom. The van der Waals surface area contributed by atoms with Crippen LogP contribution in [-0.4, -0.2) is 9.97 Å². The van der Waals surface area contributed by atoms with Gasteiger partial charge in [-0.25, -0.2) is 0 Å². The molecule has 4 rings (SSSR count). The molecule has 0 saturated carbocycles. The third-order valence-corrected chi connectivity index (χ3v) is 4.86. The van der Waals surface area contributed by atoms with Crippen molar-refractivity contribution in [2.24, 2.45) is 0 Å². The van der Waals surface area contributed by atoms with E-state index in [1.807, 2.05) is 0 Å².